The highest BCUT2D eigenvalue weighted by Gasteiger charge is 2.21. The van der Waals surface area contributed by atoms with Crippen molar-refractivity contribution in [2.24, 2.45) is 5.73 Å². The second kappa shape index (κ2) is 7.89. The molecule has 0 aliphatic carbocycles. The number of hydrogen-bond acceptors (Lipinski definition) is 5. The first-order valence-corrected chi connectivity index (χ1v) is 10.3. The van der Waals surface area contributed by atoms with Crippen molar-refractivity contribution in [1.82, 2.24) is 14.9 Å². The zero-order valence-electron chi connectivity index (χ0n) is 15.9. The van der Waals surface area contributed by atoms with Crippen LogP contribution in [0.25, 0.3) is 10.9 Å². The van der Waals surface area contributed by atoms with Gasteiger partial charge in [0.15, 0.2) is 5.13 Å². The molecule has 0 atom stereocenters. The number of nitrogens with zero attached hydrogens (tertiary/aromatic N) is 3. The van der Waals surface area contributed by atoms with Gasteiger partial charge >= 0.3 is 0 Å². The summed E-state index contributed by atoms with van der Waals surface area (Å²) in [6.07, 6.45) is 3.95. The number of halogens is 1. The third kappa shape index (κ3) is 3.88. The summed E-state index contributed by atoms with van der Waals surface area (Å²) in [4.78, 5) is 24.4. The molecule has 0 spiro atoms. The lowest BCUT2D eigenvalue weighted by atomic mass is 10.1. The zero-order chi connectivity index (χ0) is 19.7. The Morgan fingerprint density at radius 3 is 2.82 bits per heavy atom. The van der Waals surface area contributed by atoms with Crippen LogP contribution in [0.4, 0.5) is 9.52 Å². The number of rotatable bonds is 6. The summed E-state index contributed by atoms with van der Waals surface area (Å²) in [7, 11) is 0. The monoisotopic (exact) mass is 401 g/mol. The Morgan fingerprint density at radius 2 is 2.11 bits per heavy atom. The molecule has 0 bridgehead atoms. The molecule has 2 aromatic heterocycles. The number of aromatic amines is 1. The first-order chi connectivity index (χ1) is 13.5. The molecule has 6 nitrogen and oxygen atoms in total. The van der Waals surface area contributed by atoms with E-state index in [2.05, 4.69) is 19.8 Å². The molecule has 1 amide bonds. The summed E-state index contributed by atoms with van der Waals surface area (Å²) >= 11 is 1.38. The fraction of sp³-hybridized carbons (Fsp3) is 0.400. The van der Waals surface area contributed by atoms with Crippen LogP contribution in [0, 0.1) is 12.7 Å². The first kappa shape index (κ1) is 18.9. The van der Waals surface area contributed by atoms with Gasteiger partial charge in [0, 0.05) is 43.3 Å². The smallest absolute Gasteiger partial charge is 0.260 e. The van der Waals surface area contributed by atoms with E-state index in [0.29, 0.717) is 10.6 Å². The normalized spacial score (nSPS) is 15.4. The third-order valence-corrected chi connectivity index (χ3v) is 6.53. The number of thiazole rings is 1. The van der Waals surface area contributed by atoms with Gasteiger partial charge in [-0.3, -0.25) is 9.69 Å². The van der Waals surface area contributed by atoms with E-state index in [1.54, 1.807) is 12.1 Å². The summed E-state index contributed by atoms with van der Waals surface area (Å²) in [6, 6.07) is 4.88. The molecule has 148 valence electrons. The zero-order valence-corrected chi connectivity index (χ0v) is 16.7. The van der Waals surface area contributed by atoms with Gasteiger partial charge in [0.2, 0.25) is 0 Å². The van der Waals surface area contributed by atoms with Gasteiger partial charge in [-0.25, -0.2) is 9.37 Å². The number of piperazine rings is 1. The highest BCUT2D eigenvalue weighted by atomic mass is 32.1. The van der Waals surface area contributed by atoms with E-state index >= 15 is 0 Å². The maximum absolute atomic E-state index is 13.5. The number of anilines is 1. The van der Waals surface area contributed by atoms with Gasteiger partial charge < -0.3 is 15.6 Å². The molecule has 1 aromatic carbocycles. The molecule has 3 aromatic rings. The molecular weight excluding hydrogens is 377 g/mol. The third-order valence-electron chi connectivity index (χ3n) is 5.30. The molecule has 1 saturated heterocycles. The molecule has 4 rings (SSSR count). The number of carbonyl (C=O) groups excluding carboxylic acids is 1. The first-order valence-electron chi connectivity index (χ1n) is 9.51. The van der Waals surface area contributed by atoms with E-state index in [1.807, 2.05) is 13.1 Å². The second-order valence-electron chi connectivity index (χ2n) is 7.21. The van der Waals surface area contributed by atoms with Crippen LogP contribution in [-0.4, -0.2) is 53.5 Å². The maximum atomic E-state index is 13.5. The summed E-state index contributed by atoms with van der Waals surface area (Å²) in [5.74, 6) is -0.599. The molecule has 28 heavy (non-hydrogen) atoms. The highest BCUT2D eigenvalue weighted by molar-refractivity contribution is 7.17. The Hall–Kier alpha value is -2.45. The number of aryl methyl sites for hydroxylation is 2. The highest BCUT2D eigenvalue weighted by Crippen LogP contribution is 2.26. The van der Waals surface area contributed by atoms with Crippen LogP contribution >= 0.6 is 11.3 Å². The van der Waals surface area contributed by atoms with Crippen molar-refractivity contribution < 1.29 is 9.18 Å². The number of primary amides is 1. The Labute approximate surface area is 167 Å². The number of aromatic nitrogens is 2. The number of amides is 1. The number of hydrogen-bond donors (Lipinski definition) is 2. The van der Waals surface area contributed by atoms with Gasteiger partial charge in [0.1, 0.15) is 10.7 Å². The molecule has 1 fully saturated rings. The molecule has 3 N–H and O–H groups in total. The van der Waals surface area contributed by atoms with Crippen LogP contribution < -0.4 is 10.6 Å². The van der Waals surface area contributed by atoms with Crippen molar-refractivity contribution in [2.45, 2.75) is 19.8 Å². The van der Waals surface area contributed by atoms with Gasteiger partial charge in [-0.1, -0.05) is 11.3 Å². The number of H-pyrrole nitrogens is 1. The van der Waals surface area contributed by atoms with Gasteiger partial charge in [-0.15, -0.1) is 0 Å². The Morgan fingerprint density at radius 1 is 1.32 bits per heavy atom. The van der Waals surface area contributed by atoms with Crippen molar-refractivity contribution >= 4 is 33.3 Å². The Kier molecular flexibility index (Phi) is 5.32. The molecular formula is C20H24FN5OS. The van der Waals surface area contributed by atoms with E-state index in [-0.39, 0.29) is 5.82 Å². The van der Waals surface area contributed by atoms with Crippen LogP contribution in [0.5, 0.6) is 0 Å². The summed E-state index contributed by atoms with van der Waals surface area (Å²) in [6.45, 7) is 6.55. The van der Waals surface area contributed by atoms with Crippen molar-refractivity contribution in [2.75, 3.05) is 37.6 Å². The quantitative estimate of drug-likeness (QED) is 0.666. The molecule has 1 aliphatic rings. The van der Waals surface area contributed by atoms with Crippen molar-refractivity contribution in [3.8, 4) is 0 Å². The number of carbonyl (C=O) groups is 1. The fourth-order valence-corrected chi connectivity index (χ4v) is 4.73. The summed E-state index contributed by atoms with van der Waals surface area (Å²) < 4.78 is 13.5. The minimum absolute atomic E-state index is 0.193. The van der Waals surface area contributed by atoms with Crippen molar-refractivity contribution in [3.63, 3.8) is 0 Å². The van der Waals surface area contributed by atoms with Gasteiger partial charge in [0.25, 0.3) is 5.91 Å². The standard InChI is InChI=1S/C20H24FN5OS/c1-13-18(19(22)27)28-20(24-13)26-9-7-25(8-10-26)6-2-3-14-12-23-17-5-4-15(21)11-16(14)17/h4-5,11-12,23H,2-3,6-10H2,1H3,(H2,22,27). The van der Waals surface area contributed by atoms with Gasteiger partial charge in [-0.2, -0.15) is 0 Å². The van der Waals surface area contributed by atoms with Gasteiger partial charge in [0.05, 0.1) is 5.69 Å². The van der Waals surface area contributed by atoms with E-state index in [4.69, 9.17) is 5.73 Å². The molecule has 1 aliphatic heterocycles. The van der Waals surface area contributed by atoms with Gasteiger partial charge in [-0.05, 0) is 50.1 Å². The van der Waals surface area contributed by atoms with Crippen molar-refractivity contribution in [1.29, 1.82) is 0 Å². The SMILES string of the molecule is Cc1nc(N2CCN(CCCc3c[nH]c4ccc(F)cc34)CC2)sc1C(N)=O. The molecule has 0 radical (unpaired) electrons. The predicted molar refractivity (Wildman–Crippen MR) is 111 cm³/mol. The number of benzene rings is 1. The average Bonchev–Trinajstić information content (AvgIpc) is 3.26. The number of nitrogens with one attached hydrogen (secondary N) is 1. The summed E-state index contributed by atoms with van der Waals surface area (Å²) in [5.41, 5.74) is 8.27. The molecule has 0 unspecified atom stereocenters. The molecule has 0 saturated carbocycles. The molecule has 3 heterocycles. The maximum Gasteiger partial charge on any atom is 0.260 e. The lowest BCUT2D eigenvalue weighted by Gasteiger charge is -2.34. The lowest BCUT2D eigenvalue weighted by Crippen LogP contribution is -2.46. The number of nitrogens with two attached hydrogens (primary N) is 1. The molecule has 8 heteroatoms. The van der Waals surface area contributed by atoms with Crippen molar-refractivity contribution in [3.05, 3.63) is 46.3 Å². The second-order valence-corrected chi connectivity index (χ2v) is 8.19. The Balaban J connectivity index is 1.28. The minimum atomic E-state index is -0.406. The largest absolute Gasteiger partial charge is 0.365 e. The summed E-state index contributed by atoms with van der Waals surface area (Å²) in [5, 5.41) is 1.86. The predicted octanol–water partition coefficient (Wildman–Crippen LogP) is 2.93. The van der Waals surface area contributed by atoms with Crippen LogP contribution in [0.3, 0.4) is 0 Å². The minimum Gasteiger partial charge on any atom is -0.365 e. The van der Waals surface area contributed by atoms with E-state index in [9.17, 15) is 9.18 Å². The van der Waals surface area contributed by atoms with Crippen LogP contribution in [0.1, 0.15) is 27.3 Å². The van der Waals surface area contributed by atoms with Crippen LogP contribution in [0.15, 0.2) is 24.4 Å². The van der Waals surface area contributed by atoms with Crippen LogP contribution in [0.2, 0.25) is 0 Å². The fourth-order valence-electron chi connectivity index (χ4n) is 3.76. The van der Waals surface area contributed by atoms with E-state index in [0.717, 1.165) is 61.6 Å². The number of fused-ring (bicyclic) bond motifs is 1. The lowest BCUT2D eigenvalue weighted by molar-refractivity contribution is 0.100. The Bertz CT molecular complexity index is 990. The van der Waals surface area contributed by atoms with Crippen LogP contribution in [-0.2, 0) is 6.42 Å². The van der Waals surface area contributed by atoms with E-state index in [1.165, 1.54) is 23.0 Å². The average molecular weight is 402 g/mol. The van der Waals surface area contributed by atoms with E-state index < -0.39 is 5.91 Å². The topological polar surface area (TPSA) is 78.2 Å².